The van der Waals surface area contributed by atoms with Crippen molar-refractivity contribution in [3.05, 3.63) is 28.2 Å². The predicted octanol–water partition coefficient (Wildman–Crippen LogP) is 2.89. The molecule has 3 aliphatic heterocycles. The van der Waals surface area contributed by atoms with Crippen LogP contribution in [-0.2, 0) is 16.0 Å². The molecule has 1 aromatic carbocycles. The van der Waals surface area contributed by atoms with Crippen LogP contribution in [0.4, 0.5) is 5.69 Å². The van der Waals surface area contributed by atoms with Crippen LogP contribution < -0.4 is 15.5 Å². The molecule has 150 valence electrons. The fourth-order valence-corrected chi connectivity index (χ4v) is 4.47. The van der Waals surface area contributed by atoms with Crippen molar-refractivity contribution in [2.75, 3.05) is 38.3 Å². The van der Waals surface area contributed by atoms with Gasteiger partial charge in [-0.1, -0.05) is 22.0 Å². The van der Waals surface area contributed by atoms with E-state index in [4.69, 9.17) is 9.47 Å². The van der Waals surface area contributed by atoms with Crippen molar-refractivity contribution in [1.82, 2.24) is 10.6 Å². The van der Waals surface area contributed by atoms with Gasteiger partial charge in [0.2, 0.25) is 0 Å². The number of ether oxygens (including phenoxy) is 2. The number of morpholine rings is 1. The van der Waals surface area contributed by atoms with Crippen molar-refractivity contribution in [2.45, 2.75) is 44.1 Å². The van der Waals surface area contributed by atoms with Crippen molar-refractivity contribution in [2.24, 2.45) is 4.99 Å². The average molecular weight is 551 g/mol. The zero-order valence-corrected chi connectivity index (χ0v) is 19.5. The lowest BCUT2D eigenvalue weighted by atomic mass is 9.96. The fourth-order valence-electron chi connectivity index (χ4n) is 4.12. The van der Waals surface area contributed by atoms with Gasteiger partial charge >= 0.3 is 0 Å². The van der Waals surface area contributed by atoms with Crippen molar-refractivity contribution in [1.29, 1.82) is 0 Å². The highest BCUT2D eigenvalue weighted by atomic mass is 127. The Bertz CT molecular complexity index is 669. The molecule has 3 unspecified atom stereocenters. The Labute approximate surface area is 186 Å². The molecule has 3 saturated heterocycles. The van der Waals surface area contributed by atoms with Gasteiger partial charge in [-0.25, -0.2) is 0 Å². The van der Waals surface area contributed by atoms with Gasteiger partial charge in [-0.15, -0.1) is 24.0 Å². The van der Waals surface area contributed by atoms with Crippen LogP contribution in [-0.4, -0.2) is 57.6 Å². The van der Waals surface area contributed by atoms with Gasteiger partial charge in [0, 0.05) is 36.8 Å². The lowest BCUT2D eigenvalue weighted by Gasteiger charge is -2.31. The third kappa shape index (κ3) is 5.07. The summed E-state index contributed by atoms with van der Waals surface area (Å²) in [7, 11) is 1.83. The first-order valence-electron chi connectivity index (χ1n) is 9.46. The summed E-state index contributed by atoms with van der Waals surface area (Å²) >= 11 is 3.61. The first-order chi connectivity index (χ1) is 12.7. The summed E-state index contributed by atoms with van der Waals surface area (Å²) < 4.78 is 12.5. The molecule has 2 N–H and O–H groups in total. The number of fused-ring (bicyclic) bond motifs is 2. The lowest BCUT2D eigenvalue weighted by Crippen LogP contribution is -2.47. The highest BCUT2D eigenvalue weighted by Gasteiger charge is 2.41. The molecule has 0 amide bonds. The van der Waals surface area contributed by atoms with Crippen LogP contribution in [0, 0.1) is 0 Å². The number of guanidine groups is 1. The third-order valence-electron chi connectivity index (χ3n) is 5.50. The quantitative estimate of drug-likeness (QED) is 0.343. The second-order valence-electron chi connectivity index (χ2n) is 7.16. The number of aliphatic imine (C=N–C) groups is 1. The number of nitrogens with one attached hydrogen (secondary N) is 2. The average Bonchev–Trinajstić information content (AvgIpc) is 3.29. The largest absolute Gasteiger partial charge is 0.378 e. The third-order valence-corrected chi connectivity index (χ3v) is 5.99. The summed E-state index contributed by atoms with van der Waals surface area (Å²) in [5.74, 6) is 0.849. The number of halogens is 2. The molecule has 0 aliphatic carbocycles. The van der Waals surface area contributed by atoms with E-state index < -0.39 is 0 Å². The molecule has 8 heteroatoms. The van der Waals surface area contributed by atoms with Gasteiger partial charge in [-0.05, 0) is 37.0 Å². The van der Waals surface area contributed by atoms with Gasteiger partial charge in [0.15, 0.2) is 5.96 Å². The van der Waals surface area contributed by atoms with E-state index in [2.05, 4.69) is 54.7 Å². The molecule has 0 saturated carbocycles. The molecule has 3 atom stereocenters. The minimum atomic E-state index is 0. The molecule has 3 heterocycles. The van der Waals surface area contributed by atoms with Gasteiger partial charge in [0.05, 0.1) is 31.5 Å². The highest BCUT2D eigenvalue weighted by molar-refractivity contribution is 14.0. The van der Waals surface area contributed by atoms with Gasteiger partial charge in [0.1, 0.15) is 0 Å². The van der Waals surface area contributed by atoms with E-state index in [0.717, 1.165) is 56.1 Å². The van der Waals surface area contributed by atoms with E-state index in [9.17, 15) is 0 Å². The lowest BCUT2D eigenvalue weighted by molar-refractivity contribution is 0.0992. The van der Waals surface area contributed by atoms with E-state index in [-0.39, 0.29) is 24.0 Å². The summed E-state index contributed by atoms with van der Waals surface area (Å²) in [5, 5.41) is 7.03. The molecule has 3 fully saturated rings. The molecule has 0 aromatic heterocycles. The number of hydrogen-bond acceptors (Lipinski definition) is 4. The summed E-state index contributed by atoms with van der Waals surface area (Å²) in [6.07, 6.45) is 4.23. The molecule has 3 aliphatic rings. The maximum absolute atomic E-state index is 5.94. The minimum absolute atomic E-state index is 0. The number of nitrogens with zero attached hydrogens (tertiary/aromatic N) is 2. The smallest absolute Gasteiger partial charge is 0.191 e. The summed E-state index contributed by atoms with van der Waals surface area (Å²) in [6, 6.07) is 6.85. The second-order valence-corrected chi connectivity index (χ2v) is 8.07. The Morgan fingerprint density at radius 1 is 1.30 bits per heavy atom. The summed E-state index contributed by atoms with van der Waals surface area (Å²) in [5.41, 5.74) is 2.52. The Balaban J connectivity index is 0.00000210. The molecule has 2 bridgehead atoms. The zero-order chi connectivity index (χ0) is 17.9. The van der Waals surface area contributed by atoms with Crippen LogP contribution in [0.25, 0.3) is 0 Å². The molecular formula is C19H28BrIN4O2. The maximum atomic E-state index is 5.94. The van der Waals surface area contributed by atoms with Crippen LogP contribution in [0.2, 0.25) is 0 Å². The van der Waals surface area contributed by atoms with Crippen molar-refractivity contribution < 1.29 is 9.47 Å². The fraction of sp³-hybridized carbons (Fsp3) is 0.632. The number of hydrogen-bond donors (Lipinski definition) is 2. The Morgan fingerprint density at radius 3 is 2.78 bits per heavy atom. The Hall–Kier alpha value is -0.580. The van der Waals surface area contributed by atoms with Gasteiger partial charge in [-0.3, -0.25) is 4.99 Å². The zero-order valence-electron chi connectivity index (χ0n) is 15.6. The van der Waals surface area contributed by atoms with Gasteiger partial charge < -0.3 is 25.0 Å². The first-order valence-corrected chi connectivity index (χ1v) is 10.3. The van der Waals surface area contributed by atoms with Crippen LogP contribution in [0.1, 0.15) is 24.8 Å². The molecule has 27 heavy (non-hydrogen) atoms. The first kappa shape index (κ1) is 21.1. The summed E-state index contributed by atoms with van der Waals surface area (Å²) in [4.78, 5) is 6.80. The Morgan fingerprint density at radius 2 is 2.11 bits per heavy atom. The van der Waals surface area contributed by atoms with Crippen molar-refractivity contribution in [3.63, 3.8) is 0 Å². The SMILES string of the molecule is CN=C(NCc1ccc(Br)cc1N1CCOCC1)NC1CC2CCC1O2.I. The standard InChI is InChI=1S/C19H27BrN4O2.HI/c1-21-19(23-16-11-15-4-5-18(16)26-15)22-12-13-2-3-14(20)10-17(13)24-6-8-25-9-7-24;/h2-3,10,15-16,18H,4-9,11-12H2,1H3,(H2,21,22,23);1H. The molecule has 6 nitrogen and oxygen atoms in total. The van der Waals surface area contributed by atoms with Crippen LogP contribution in [0.15, 0.2) is 27.7 Å². The molecule has 0 radical (unpaired) electrons. The molecule has 1 aromatic rings. The Kier molecular flexibility index (Phi) is 7.64. The van der Waals surface area contributed by atoms with E-state index in [1.165, 1.54) is 17.7 Å². The minimum Gasteiger partial charge on any atom is -0.378 e. The van der Waals surface area contributed by atoms with Crippen LogP contribution in [0.3, 0.4) is 0 Å². The van der Waals surface area contributed by atoms with E-state index in [1.54, 1.807) is 0 Å². The predicted molar refractivity (Wildman–Crippen MR) is 122 cm³/mol. The summed E-state index contributed by atoms with van der Waals surface area (Å²) in [6.45, 7) is 4.17. The topological polar surface area (TPSA) is 58.1 Å². The van der Waals surface area contributed by atoms with Crippen molar-refractivity contribution in [3.8, 4) is 0 Å². The van der Waals surface area contributed by atoms with E-state index in [1.807, 2.05) is 7.05 Å². The van der Waals surface area contributed by atoms with Crippen molar-refractivity contribution >= 4 is 51.6 Å². The molecular weight excluding hydrogens is 523 g/mol. The highest BCUT2D eigenvalue weighted by Crippen LogP contribution is 2.34. The molecule has 4 rings (SSSR count). The monoisotopic (exact) mass is 550 g/mol. The normalized spacial score (nSPS) is 27.4. The van der Waals surface area contributed by atoms with Crippen LogP contribution in [0.5, 0.6) is 0 Å². The number of rotatable bonds is 4. The second kappa shape index (κ2) is 9.76. The molecule has 0 spiro atoms. The number of benzene rings is 1. The van der Waals surface area contributed by atoms with Gasteiger partial charge in [0.25, 0.3) is 0 Å². The van der Waals surface area contributed by atoms with E-state index in [0.29, 0.717) is 18.2 Å². The van der Waals surface area contributed by atoms with E-state index >= 15 is 0 Å². The number of anilines is 1. The maximum Gasteiger partial charge on any atom is 0.191 e. The van der Waals surface area contributed by atoms with Gasteiger partial charge in [-0.2, -0.15) is 0 Å². The van der Waals surface area contributed by atoms with Crippen LogP contribution >= 0.6 is 39.9 Å².